The van der Waals surface area contributed by atoms with Gasteiger partial charge in [-0.1, -0.05) is 0 Å². The zero-order valence-corrected chi connectivity index (χ0v) is 12.8. The van der Waals surface area contributed by atoms with Gasteiger partial charge in [-0.15, -0.1) is 0 Å². The first-order valence-electron chi connectivity index (χ1n) is 6.39. The van der Waals surface area contributed by atoms with Crippen molar-refractivity contribution in [1.82, 2.24) is 0 Å². The first kappa shape index (κ1) is 26.1. The number of hydrogen-bond donors (Lipinski definition) is 1. The van der Waals surface area contributed by atoms with E-state index in [1.165, 1.54) is 0 Å². The molecule has 19 heteroatoms. The summed E-state index contributed by atoms with van der Waals surface area (Å²) in [5, 5.41) is 8.34. The molecular weight excluding hydrogens is 487 g/mol. The van der Waals surface area contributed by atoms with Crippen LogP contribution >= 0.6 is 0 Å². The second-order valence-electron chi connectivity index (χ2n) is 5.57. The van der Waals surface area contributed by atoms with Crippen molar-refractivity contribution in [2.24, 2.45) is 0 Å². The average Bonchev–Trinajstić information content (AvgIpc) is 3.12. The lowest BCUT2D eigenvalue weighted by molar-refractivity contribution is -0.462. The molecule has 0 radical (unpaired) electrons. The van der Waals surface area contributed by atoms with Crippen LogP contribution in [-0.2, 0) is 5.92 Å². The first-order valence-corrected chi connectivity index (χ1v) is 6.39. The van der Waals surface area contributed by atoms with Gasteiger partial charge in [-0.05, 0) is 0 Å². The molecule has 176 valence electrons. The highest BCUT2D eigenvalue weighted by molar-refractivity contribution is 5.50. The molecule has 1 rings (SSSR count). The topological polar surface area (TPSA) is 37.3 Å². The Morgan fingerprint density at radius 1 is 0.467 bits per heavy atom. The minimum Gasteiger partial charge on any atom is -0.504 e. The molecule has 0 aliphatic rings. The van der Waals surface area contributed by atoms with Gasteiger partial charge >= 0.3 is 47.6 Å². The largest absolute Gasteiger partial charge is 0.504 e. The summed E-state index contributed by atoms with van der Waals surface area (Å²) in [7, 11) is 0. The van der Waals surface area contributed by atoms with Crippen molar-refractivity contribution in [2.75, 3.05) is 0 Å². The molecule has 0 saturated heterocycles. The summed E-state index contributed by atoms with van der Waals surface area (Å²) in [6, 6.07) is 0. The first-order chi connectivity index (χ1) is 12.7. The van der Waals surface area contributed by atoms with E-state index in [0.29, 0.717) is 0 Å². The van der Waals surface area contributed by atoms with E-state index >= 15 is 0 Å². The van der Waals surface area contributed by atoms with Gasteiger partial charge in [0.2, 0.25) is 5.43 Å². The van der Waals surface area contributed by atoms with Crippen molar-refractivity contribution in [3.63, 3.8) is 0 Å². The monoisotopic (exact) mass is 488 g/mol. The maximum Gasteiger partial charge on any atom is 0.460 e. The van der Waals surface area contributed by atoms with Crippen molar-refractivity contribution in [1.29, 1.82) is 0 Å². The van der Waals surface area contributed by atoms with Crippen molar-refractivity contribution in [3.8, 4) is 5.75 Å². The second-order valence-corrected chi connectivity index (χ2v) is 5.57. The standard InChI is InChI=1S/C11HF17O2/c12-4(13,1-2(29)3(1)30)5(14,15)6(16,17)7(18,19)8(20,21)9(22,23)10(24,25)11(26,27)28/h29H. The van der Waals surface area contributed by atoms with Crippen LogP contribution in [0.25, 0.3) is 0 Å². The van der Waals surface area contributed by atoms with Gasteiger partial charge in [0.05, 0.1) is 0 Å². The molecule has 0 amide bonds. The third kappa shape index (κ3) is 2.75. The molecule has 1 aromatic carbocycles. The van der Waals surface area contributed by atoms with Gasteiger partial charge in [0, 0.05) is 0 Å². The summed E-state index contributed by atoms with van der Waals surface area (Å²) in [4.78, 5) is 10.4. The SMILES string of the molecule is O=c1c(O)c1C(F)(F)C(F)(F)C(F)(F)C(F)(F)C(F)(F)C(F)(F)C(F)(F)C(F)(F)F. The lowest BCUT2D eigenvalue weighted by Crippen LogP contribution is -2.74. The molecule has 0 fully saturated rings. The Morgan fingerprint density at radius 2 is 0.700 bits per heavy atom. The molecule has 1 aromatic rings. The third-order valence-electron chi connectivity index (χ3n) is 3.65. The lowest BCUT2D eigenvalue weighted by atomic mass is 9.88. The van der Waals surface area contributed by atoms with Crippen LogP contribution < -0.4 is 5.43 Å². The normalized spacial score (nSPS) is 16.4. The Morgan fingerprint density at radius 3 is 0.933 bits per heavy atom. The number of halogens is 17. The molecule has 0 heterocycles. The van der Waals surface area contributed by atoms with Crippen LogP contribution in [0.4, 0.5) is 74.6 Å². The molecule has 0 aliphatic carbocycles. The van der Waals surface area contributed by atoms with Crippen molar-refractivity contribution in [2.45, 2.75) is 47.6 Å². The quantitative estimate of drug-likeness (QED) is 0.544. The Balaban J connectivity index is 3.67. The van der Waals surface area contributed by atoms with Gasteiger partial charge in [-0.25, -0.2) is 0 Å². The highest BCUT2D eigenvalue weighted by Crippen LogP contribution is 2.65. The Bertz CT molecular complexity index is 822. The molecular formula is C11HF17O2. The van der Waals surface area contributed by atoms with E-state index < -0.39 is 64.4 Å². The van der Waals surface area contributed by atoms with Crippen molar-refractivity contribution < 1.29 is 79.7 Å². The predicted octanol–water partition coefficient (Wildman–Crippen LogP) is 5.09. The van der Waals surface area contributed by atoms with Gasteiger partial charge in [-0.3, -0.25) is 4.79 Å². The van der Waals surface area contributed by atoms with Gasteiger partial charge in [0.15, 0.2) is 5.75 Å². The summed E-state index contributed by atoms with van der Waals surface area (Å²) in [6.45, 7) is 0. The summed E-state index contributed by atoms with van der Waals surface area (Å²) in [6.07, 6.45) is -7.82. The predicted molar refractivity (Wildman–Crippen MR) is 56.4 cm³/mol. The van der Waals surface area contributed by atoms with Crippen LogP contribution in [0.15, 0.2) is 4.79 Å². The molecule has 0 aliphatic heterocycles. The summed E-state index contributed by atoms with van der Waals surface area (Å²) >= 11 is 0. The van der Waals surface area contributed by atoms with Crippen LogP contribution in [0.1, 0.15) is 5.56 Å². The van der Waals surface area contributed by atoms with E-state index in [1.807, 2.05) is 0 Å². The van der Waals surface area contributed by atoms with Gasteiger partial charge in [0.1, 0.15) is 5.56 Å². The van der Waals surface area contributed by atoms with Crippen LogP contribution in [0.3, 0.4) is 0 Å². The maximum absolute atomic E-state index is 13.3. The van der Waals surface area contributed by atoms with E-state index in [4.69, 9.17) is 5.11 Å². The lowest BCUT2D eigenvalue weighted by Gasteiger charge is -2.42. The van der Waals surface area contributed by atoms with E-state index in [9.17, 15) is 79.4 Å². The molecule has 2 nitrogen and oxygen atoms in total. The molecule has 1 N–H and O–H groups in total. The average molecular weight is 488 g/mol. The van der Waals surface area contributed by atoms with Crippen LogP contribution in [0.2, 0.25) is 0 Å². The zero-order valence-electron chi connectivity index (χ0n) is 12.8. The number of alkyl halides is 17. The van der Waals surface area contributed by atoms with Crippen LogP contribution in [0.5, 0.6) is 5.75 Å². The fourth-order valence-electron chi connectivity index (χ4n) is 1.77. The molecule has 0 atom stereocenters. The molecule has 0 unspecified atom stereocenters. The third-order valence-corrected chi connectivity index (χ3v) is 3.65. The highest BCUT2D eigenvalue weighted by Gasteiger charge is 2.95. The second kappa shape index (κ2) is 6.04. The summed E-state index contributed by atoms with van der Waals surface area (Å²) < 4.78 is 219. The molecule has 0 saturated carbocycles. The van der Waals surface area contributed by atoms with E-state index in [-0.39, 0.29) is 0 Å². The number of hydrogen-bond acceptors (Lipinski definition) is 2. The zero-order chi connectivity index (χ0) is 24.7. The van der Waals surface area contributed by atoms with Crippen LogP contribution in [-0.4, -0.2) is 46.8 Å². The van der Waals surface area contributed by atoms with Gasteiger partial charge in [-0.2, -0.15) is 74.6 Å². The van der Waals surface area contributed by atoms with E-state index in [1.54, 1.807) is 0 Å². The van der Waals surface area contributed by atoms with Crippen LogP contribution in [0, 0.1) is 0 Å². The molecule has 0 aromatic heterocycles. The minimum absolute atomic E-state index is 2.43. The van der Waals surface area contributed by atoms with Gasteiger partial charge in [0.25, 0.3) is 0 Å². The molecule has 30 heavy (non-hydrogen) atoms. The fourth-order valence-corrected chi connectivity index (χ4v) is 1.77. The maximum atomic E-state index is 13.3. The summed E-state index contributed by atoms with van der Waals surface area (Å²) in [5.74, 6) is -60.1. The Labute approximate surface area is 150 Å². The number of aromatic hydroxyl groups is 1. The highest BCUT2D eigenvalue weighted by atomic mass is 19.4. The number of rotatable bonds is 7. The summed E-state index contributed by atoms with van der Waals surface area (Å²) in [5.41, 5.74) is -5.61. The van der Waals surface area contributed by atoms with Gasteiger partial charge < -0.3 is 5.11 Å². The fraction of sp³-hybridized carbons (Fsp3) is 0.727. The smallest absolute Gasteiger partial charge is 0.460 e. The molecule has 0 spiro atoms. The Hall–Kier alpha value is -1.98. The van der Waals surface area contributed by atoms with E-state index in [0.717, 1.165) is 0 Å². The van der Waals surface area contributed by atoms with Crippen molar-refractivity contribution >= 4 is 0 Å². The van der Waals surface area contributed by atoms with Crippen molar-refractivity contribution in [3.05, 3.63) is 15.8 Å². The van der Waals surface area contributed by atoms with E-state index in [2.05, 4.69) is 0 Å². The minimum atomic E-state index is -8.73. The molecule has 0 bridgehead atoms. The Kier molecular flexibility index (Phi) is 5.25.